The molecule has 4 rings (SSSR count). The van der Waals surface area contributed by atoms with E-state index in [1.54, 1.807) is 6.07 Å². The molecule has 2 aromatic heterocycles. The molecule has 0 aliphatic heterocycles. The normalized spacial score (nSPS) is 11.6. The lowest BCUT2D eigenvalue weighted by molar-refractivity contribution is 0.579. The van der Waals surface area contributed by atoms with Gasteiger partial charge in [-0.05, 0) is 31.2 Å². The fraction of sp³-hybridized carbons (Fsp3) is 0.0909. The predicted molar refractivity (Wildman–Crippen MR) is 120 cm³/mol. The van der Waals surface area contributed by atoms with E-state index in [1.165, 1.54) is 6.92 Å². The standard InChI is InChI=1S/C22H14F3N9O/c1-9(30-19-14(8-27)18(28)32-22(29)33-19)20-31-17-15(25)3-2-10(7-26)16(17)21(35)34(20)13-5-11(23)4-12(24)6-13/h2-6,9H,1H3,(H5,28,29,30,32,33). The van der Waals surface area contributed by atoms with Gasteiger partial charge in [-0.3, -0.25) is 9.36 Å². The van der Waals surface area contributed by atoms with Gasteiger partial charge < -0.3 is 16.8 Å². The average molecular weight is 477 g/mol. The van der Waals surface area contributed by atoms with Gasteiger partial charge in [0, 0.05) is 6.07 Å². The van der Waals surface area contributed by atoms with E-state index in [4.69, 9.17) is 11.5 Å². The number of fused-ring (bicyclic) bond motifs is 1. The average Bonchev–Trinajstić information content (AvgIpc) is 2.78. The summed E-state index contributed by atoms with van der Waals surface area (Å²) in [6, 6.07) is 7.02. The van der Waals surface area contributed by atoms with E-state index in [2.05, 4.69) is 20.3 Å². The van der Waals surface area contributed by atoms with E-state index < -0.39 is 34.6 Å². The molecule has 10 nitrogen and oxygen atoms in total. The van der Waals surface area contributed by atoms with Crippen molar-refractivity contribution in [3.05, 3.63) is 75.1 Å². The van der Waals surface area contributed by atoms with Crippen LogP contribution in [0.4, 0.5) is 30.8 Å². The van der Waals surface area contributed by atoms with Gasteiger partial charge in [0.15, 0.2) is 5.82 Å². The molecule has 35 heavy (non-hydrogen) atoms. The fourth-order valence-corrected chi connectivity index (χ4v) is 3.55. The number of nitrogen functional groups attached to an aromatic ring is 2. The van der Waals surface area contributed by atoms with Gasteiger partial charge in [0.1, 0.15) is 52.3 Å². The van der Waals surface area contributed by atoms with Crippen LogP contribution in [-0.4, -0.2) is 19.5 Å². The zero-order valence-electron chi connectivity index (χ0n) is 17.8. The number of nitrogens with one attached hydrogen (secondary N) is 1. The maximum absolute atomic E-state index is 14.7. The molecule has 4 aromatic rings. The molecule has 0 aliphatic rings. The summed E-state index contributed by atoms with van der Waals surface area (Å²) in [4.78, 5) is 25.4. The molecule has 0 aliphatic carbocycles. The Morgan fingerprint density at radius 2 is 1.71 bits per heavy atom. The van der Waals surface area contributed by atoms with Gasteiger partial charge in [-0.15, -0.1) is 0 Å². The quantitative estimate of drug-likeness (QED) is 0.399. The molecule has 0 radical (unpaired) electrons. The minimum absolute atomic E-state index is 0.109. The molecule has 174 valence electrons. The van der Waals surface area contributed by atoms with Crippen molar-refractivity contribution in [2.24, 2.45) is 0 Å². The van der Waals surface area contributed by atoms with E-state index in [1.807, 2.05) is 6.07 Å². The van der Waals surface area contributed by atoms with Gasteiger partial charge in [0.25, 0.3) is 5.56 Å². The van der Waals surface area contributed by atoms with E-state index >= 15 is 0 Å². The maximum atomic E-state index is 14.7. The first-order chi connectivity index (χ1) is 16.6. The first-order valence-electron chi connectivity index (χ1n) is 9.86. The number of benzene rings is 2. The van der Waals surface area contributed by atoms with Crippen LogP contribution in [0.3, 0.4) is 0 Å². The highest BCUT2D eigenvalue weighted by Crippen LogP contribution is 2.27. The summed E-state index contributed by atoms with van der Waals surface area (Å²) in [6.45, 7) is 1.47. The number of nitrogens with two attached hydrogens (primary N) is 2. The monoisotopic (exact) mass is 477 g/mol. The summed E-state index contributed by atoms with van der Waals surface area (Å²) in [7, 11) is 0. The molecule has 0 fully saturated rings. The van der Waals surface area contributed by atoms with E-state index in [9.17, 15) is 28.5 Å². The van der Waals surface area contributed by atoms with Gasteiger partial charge in [0.2, 0.25) is 5.95 Å². The Kier molecular flexibility index (Phi) is 5.68. The zero-order chi connectivity index (χ0) is 25.4. The zero-order valence-corrected chi connectivity index (χ0v) is 17.8. The summed E-state index contributed by atoms with van der Waals surface area (Å²) >= 11 is 0. The summed E-state index contributed by atoms with van der Waals surface area (Å²) in [5.74, 6) is -3.64. The van der Waals surface area contributed by atoms with Gasteiger partial charge in [0.05, 0.1) is 22.7 Å². The Hall–Kier alpha value is -5.17. The second-order valence-corrected chi connectivity index (χ2v) is 7.34. The molecule has 1 atom stereocenters. The number of halogens is 3. The van der Waals surface area contributed by atoms with E-state index in [0.717, 1.165) is 28.8 Å². The van der Waals surface area contributed by atoms with Gasteiger partial charge in [-0.2, -0.15) is 20.5 Å². The third kappa shape index (κ3) is 4.02. The lowest BCUT2D eigenvalue weighted by Crippen LogP contribution is -2.28. The Balaban J connectivity index is 2.04. The predicted octanol–water partition coefficient (Wildman–Crippen LogP) is 2.67. The van der Waals surface area contributed by atoms with Crippen molar-refractivity contribution in [1.29, 1.82) is 10.5 Å². The molecule has 2 aromatic carbocycles. The number of nitriles is 2. The topological polar surface area (TPSA) is 172 Å². The summed E-state index contributed by atoms with van der Waals surface area (Å²) in [5.41, 5.74) is 9.37. The molecule has 1 unspecified atom stereocenters. The van der Waals surface area contributed by atoms with E-state index in [-0.39, 0.29) is 45.6 Å². The first-order valence-corrected chi connectivity index (χ1v) is 9.86. The maximum Gasteiger partial charge on any atom is 0.267 e. The number of nitrogens with zero attached hydrogens (tertiary/aromatic N) is 6. The van der Waals surface area contributed by atoms with Crippen molar-refractivity contribution < 1.29 is 13.2 Å². The van der Waals surface area contributed by atoms with Crippen LogP contribution in [0.25, 0.3) is 16.6 Å². The van der Waals surface area contributed by atoms with Crippen LogP contribution in [0.5, 0.6) is 0 Å². The first kappa shape index (κ1) is 23.0. The molecule has 0 bridgehead atoms. The van der Waals surface area contributed by atoms with Crippen molar-refractivity contribution in [2.75, 3.05) is 16.8 Å². The van der Waals surface area contributed by atoms with Gasteiger partial charge >= 0.3 is 0 Å². The van der Waals surface area contributed by atoms with Crippen LogP contribution in [-0.2, 0) is 0 Å². The molecule has 0 saturated carbocycles. The largest absolute Gasteiger partial charge is 0.382 e. The Morgan fingerprint density at radius 3 is 2.34 bits per heavy atom. The highest BCUT2D eigenvalue weighted by molar-refractivity contribution is 5.85. The minimum Gasteiger partial charge on any atom is -0.382 e. The number of aromatic nitrogens is 4. The molecular formula is C22H14F3N9O. The highest BCUT2D eigenvalue weighted by atomic mass is 19.1. The van der Waals surface area contributed by atoms with Crippen molar-refractivity contribution in [1.82, 2.24) is 19.5 Å². The molecule has 0 amide bonds. The van der Waals surface area contributed by atoms with Crippen LogP contribution in [0, 0.1) is 40.1 Å². The Morgan fingerprint density at radius 1 is 1.03 bits per heavy atom. The molecule has 13 heteroatoms. The Labute approximate surface area is 194 Å². The SMILES string of the molecule is CC(Nc1nc(N)nc(N)c1C#N)c1nc2c(F)ccc(C#N)c2c(=O)n1-c1cc(F)cc(F)c1. The van der Waals surface area contributed by atoms with Crippen molar-refractivity contribution in [2.45, 2.75) is 13.0 Å². The van der Waals surface area contributed by atoms with Crippen molar-refractivity contribution >= 4 is 28.5 Å². The fourth-order valence-electron chi connectivity index (χ4n) is 3.55. The second-order valence-electron chi connectivity index (χ2n) is 7.34. The second kappa shape index (κ2) is 8.64. The third-order valence-corrected chi connectivity index (χ3v) is 5.03. The molecule has 0 saturated heterocycles. The molecule has 5 N–H and O–H groups in total. The number of hydrogen-bond acceptors (Lipinski definition) is 9. The summed E-state index contributed by atoms with van der Waals surface area (Å²) in [5, 5.41) is 21.3. The Bertz CT molecular complexity index is 1630. The molecule has 2 heterocycles. The number of rotatable bonds is 4. The van der Waals surface area contributed by atoms with Gasteiger partial charge in [-0.25, -0.2) is 18.2 Å². The van der Waals surface area contributed by atoms with Crippen LogP contribution >= 0.6 is 0 Å². The van der Waals surface area contributed by atoms with Crippen LogP contribution in [0.2, 0.25) is 0 Å². The van der Waals surface area contributed by atoms with E-state index in [0.29, 0.717) is 6.07 Å². The van der Waals surface area contributed by atoms with Crippen LogP contribution < -0.4 is 22.3 Å². The highest BCUT2D eigenvalue weighted by Gasteiger charge is 2.24. The third-order valence-electron chi connectivity index (χ3n) is 5.03. The summed E-state index contributed by atoms with van der Waals surface area (Å²) < 4.78 is 43.6. The lowest BCUT2D eigenvalue weighted by atomic mass is 10.1. The minimum atomic E-state index is -1.02. The van der Waals surface area contributed by atoms with Crippen LogP contribution in [0.15, 0.2) is 35.1 Å². The molecule has 0 spiro atoms. The molecular weight excluding hydrogens is 463 g/mol. The smallest absolute Gasteiger partial charge is 0.267 e. The van der Waals surface area contributed by atoms with Gasteiger partial charge in [-0.1, -0.05) is 0 Å². The van der Waals surface area contributed by atoms with Crippen LogP contribution in [0.1, 0.15) is 29.9 Å². The van der Waals surface area contributed by atoms with Crippen molar-refractivity contribution in [3.8, 4) is 17.8 Å². The lowest BCUT2D eigenvalue weighted by Gasteiger charge is -2.21. The summed E-state index contributed by atoms with van der Waals surface area (Å²) in [6.07, 6.45) is 0. The van der Waals surface area contributed by atoms with Crippen molar-refractivity contribution in [3.63, 3.8) is 0 Å². The number of hydrogen-bond donors (Lipinski definition) is 3. The number of anilines is 3.